The second kappa shape index (κ2) is 5.72. The van der Waals surface area contributed by atoms with Gasteiger partial charge >= 0.3 is 6.18 Å². The Bertz CT molecular complexity index is 469. The van der Waals surface area contributed by atoms with Crippen LogP contribution < -0.4 is 5.73 Å². The largest absolute Gasteiger partial charge is 0.419 e. The standard InChI is InChI=1S/C15H19F4N/c1-9-2-3-11(8-20)12(6-9)10-4-5-14(16)13(7-10)15(17,18)19/h4-5,7,9,11-12H,2-3,6,8,20H2,1H3. The minimum atomic E-state index is -4.65. The highest BCUT2D eigenvalue weighted by Crippen LogP contribution is 2.42. The van der Waals surface area contributed by atoms with E-state index in [4.69, 9.17) is 5.73 Å². The van der Waals surface area contributed by atoms with Crippen LogP contribution in [0.4, 0.5) is 17.6 Å². The molecule has 0 amide bonds. The van der Waals surface area contributed by atoms with Crippen LogP contribution in [-0.2, 0) is 6.18 Å². The van der Waals surface area contributed by atoms with Gasteiger partial charge in [0.1, 0.15) is 5.82 Å². The summed E-state index contributed by atoms with van der Waals surface area (Å²) in [5, 5.41) is 0. The number of alkyl halides is 3. The Hall–Kier alpha value is -1.10. The lowest BCUT2D eigenvalue weighted by molar-refractivity contribution is -0.140. The maximum Gasteiger partial charge on any atom is 0.419 e. The van der Waals surface area contributed by atoms with E-state index in [9.17, 15) is 17.6 Å². The molecule has 20 heavy (non-hydrogen) atoms. The van der Waals surface area contributed by atoms with Gasteiger partial charge in [-0.1, -0.05) is 19.4 Å². The molecule has 0 radical (unpaired) electrons. The first-order valence-corrected chi connectivity index (χ1v) is 6.89. The van der Waals surface area contributed by atoms with Gasteiger partial charge in [0.25, 0.3) is 0 Å². The van der Waals surface area contributed by atoms with Crippen LogP contribution in [0, 0.1) is 17.7 Å². The third-order valence-electron chi connectivity index (χ3n) is 4.28. The van der Waals surface area contributed by atoms with Gasteiger partial charge in [-0.15, -0.1) is 0 Å². The second-order valence-corrected chi connectivity index (χ2v) is 5.76. The third-order valence-corrected chi connectivity index (χ3v) is 4.28. The molecule has 2 N–H and O–H groups in total. The van der Waals surface area contributed by atoms with E-state index in [2.05, 4.69) is 6.92 Å². The number of benzene rings is 1. The average Bonchev–Trinajstić information content (AvgIpc) is 2.38. The van der Waals surface area contributed by atoms with E-state index in [1.165, 1.54) is 6.07 Å². The van der Waals surface area contributed by atoms with Gasteiger partial charge in [-0.05, 0) is 54.8 Å². The van der Waals surface area contributed by atoms with Crippen LogP contribution in [0.2, 0.25) is 0 Å². The van der Waals surface area contributed by atoms with Crippen molar-refractivity contribution in [3.05, 3.63) is 35.1 Å². The maximum absolute atomic E-state index is 13.3. The second-order valence-electron chi connectivity index (χ2n) is 5.76. The average molecular weight is 289 g/mol. The molecule has 0 aliphatic heterocycles. The van der Waals surface area contributed by atoms with Gasteiger partial charge in [-0.25, -0.2) is 4.39 Å². The number of rotatable bonds is 2. The summed E-state index contributed by atoms with van der Waals surface area (Å²) in [7, 11) is 0. The molecular weight excluding hydrogens is 270 g/mol. The fourth-order valence-corrected chi connectivity index (χ4v) is 3.12. The summed E-state index contributed by atoms with van der Waals surface area (Å²) in [6.07, 6.45) is -1.88. The Morgan fingerprint density at radius 3 is 2.55 bits per heavy atom. The van der Waals surface area contributed by atoms with Crippen molar-refractivity contribution in [1.82, 2.24) is 0 Å². The predicted molar refractivity (Wildman–Crippen MR) is 69.7 cm³/mol. The molecule has 0 heterocycles. The fraction of sp³-hybridized carbons (Fsp3) is 0.600. The zero-order chi connectivity index (χ0) is 14.9. The molecule has 3 atom stereocenters. The predicted octanol–water partition coefficient (Wildman–Crippen LogP) is 4.32. The van der Waals surface area contributed by atoms with Gasteiger partial charge in [0, 0.05) is 0 Å². The normalized spacial score (nSPS) is 27.6. The lowest BCUT2D eigenvalue weighted by Gasteiger charge is -2.35. The Kier molecular flexibility index (Phi) is 4.37. The number of halogens is 4. The smallest absolute Gasteiger partial charge is 0.330 e. The minimum Gasteiger partial charge on any atom is -0.330 e. The first-order valence-electron chi connectivity index (χ1n) is 6.89. The molecule has 3 unspecified atom stereocenters. The van der Waals surface area contributed by atoms with Crippen LogP contribution in [0.5, 0.6) is 0 Å². The van der Waals surface area contributed by atoms with E-state index in [0.29, 0.717) is 18.0 Å². The molecule has 1 aromatic rings. The summed E-state index contributed by atoms with van der Waals surface area (Å²) >= 11 is 0. The monoisotopic (exact) mass is 289 g/mol. The molecule has 112 valence electrons. The number of hydrogen-bond acceptors (Lipinski definition) is 1. The van der Waals surface area contributed by atoms with Crippen molar-refractivity contribution in [2.45, 2.75) is 38.3 Å². The molecule has 2 rings (SSSR count). The topological polar surface area (TPSA) is 26.0 Å². The Balaban J connectivity index is 2.36. The summed E-state index contributed by atoms with van der Waals surface area (Å²) < 4.78 is 51.7. The molecule has 0 bridgehead atoms. The lowest BCUT2D eigenvalue weighted by atomic mass is 9.71. The molecule has 0 spiro atoms. The summed E-state index contributed by atoms with van der Waals surface area (Å²) in [6.45, 7) is 2.55. The zero-order valence-electron chi connectivity index (χ0n) is 11.4. The van der Waals surface area contributed by atoms with E-state index >= 15 is 0 Å². The molecule has 1 aliphatic rings. The van der Waals surface area contributed by atoms with Gasteiger partial charge in [0.05, 0.1) is 5.56 Å². The van der Waals surface area contributed by atoms with Crippen LogP contribution in [0.1, 0.15) is 43.2 Å². The molecule has 0 aromatic heterocycles. The highest BCUT2D eigenvalue weighted by molar-refractivity contribution is 5.30. The lowest BCUT2D eigenvalue weighted by Crippen LogP contribution is -2.28. The van der Waals surface area contributed by atoms with E-state index < -0.39 is 17.6 Å². The van der Waals surface area contributed by atoms with E-state index in [0.717, 1.165) is 31.4 Å². The molecule has 1 fully saturated rings. The molecule has 5 heteroatoms. The zero-order valence-corrected chi connectivity index (χ0v) is 11.4. The first kappa shape index (κ1) is 15.3. The van der Waals surface area contributed by atoms with E-state index in [1.54, 1.807) is 0 Å². The van der Waals surface area contributed by atoms with Crippen LogP contribution >= 0.6 is 0 Å². The van der Waals surface area contributed by atoms with Gasteiger partial charge in [0.2, 0.25) is 0 Å². The summed E-state index contributed by atoms with van der Waals surface area (Å²) in [4.78, 5) is 0. The van der Waals surface area contributed by atoms with Crippen molar-refractivity contribution < 1.29 is 17.6 Å². The van der Waals surface area contributed by atoms with Crippen LogP contribution in [0.3, 0.4) is 0 Å². The molecule has 1 aliphatic carbocycles. The minimum absolute atomic E-state index is 0.00884. The van der Waals surface area contributed by atoms with Gasteiger partial charge in [-0.3, -0.25) is 0 Å². The van der Waals surface area contributed by atoms with Crippen LogP contribution in [0.15, 0.2) is 18.2 Å². The van der Waals surface area contributed by atoms with Gasteiger partial charge in [0.15, 0.2) is 0 Å². The molecule has 1 saturated carbocycles. The van der Waals surface area contributed by atoms with Crippen molar-refractivity contribution in [3.8, 4) is 0 Å². The Morgan fingerprint density at radius 1 is 1.25 bits per heavy atom. The number of hydrogen-bond donors (Lipinski definition) is 1. The van der Waals surface area contributed by atoms with E-state index in [1.807, 2.05) is 0 Å². The SMILES string of the molecule is CC1CCC(CN)C(c2ccc(F)c(C(F)(F)F)c2)C1. The van der Waals surface area contributed by atoms with Crippen molar-refractivity contribution in [2.75, 3.05) is 6.54 Å². The highest BCUT2D eigenvalue weighted by Gasteiger charge is 2.36. The molecule has 1 nitrogen and oxygen atoms in total. The van der Waals surface area contributed by atoms with Crippen LogP contribution in [-0.4, -0.2) is 6.54 Å². The molecule has 1 aromatic carbocycles. The summed E-state index contributed by atoms with van der Waals surface area (Å²) in [5.74, 6) is -0.584. The molecule has 0 saturated heterocycles. The van der Waals surface area contributed by atoms with Crippen molar-refractivity contribution >= 4 is 0 Å². The Morgan fingerprint density at radius 2 is 1.95 bits per heavy atom. The summed E-state index contributed by atoms with van der Waals surface area (Å²) in [6, 6.07) is 3.35. The fourth-order valence-electron chi connectivity index (χ4n) is 3.12. The van der Waals surface area contributed by atoms with E-state index in [-0.39, 0.29) is 11.8 Å². The summed E-state index contributed by atoms with van der Waals surface area (Å²) in [5.41, 5.74) is 5.11. The number of nitrogens with two attached hydrogens (primary N) is 1. The third kappa shape index (κ3) is 3.14. The van der Waals surface area contributed by atoms with Gasteiger partial charge < -0.3 is 5.73 Å². The quantitative estimate of drug-likeness (QED) is 0.806. The molecular formula is C15H19F4N. The first-order chi connectivity index (χ1) is 9.32. The van der Waals surface area contributed by atoms with Gasteiger partial charge in [-0.2, -0.15) is 13.2 Å². The van der Waals surface area contributed by atoms with Crippen molar-refractivity contribution in [2.24, 2.45) is 17.6 Å². The van der Waals surface area contributed by atoms with Crippen LogP contribution in [0.25, 0.3) is 0 Å². The maximum atomic E-state index is 13.3. The van der Waals surface area contributed by atoms with Crippen molar-refractivity contribution in [1.29, 1.82) is 0 Å². The highest BCUT2D eigenvalue weighted by atomic mass is 19.4. The Labute approximate surface area is 116 Å². The van der Waals surface area contributed by atoms with Crippen molar-refractivity contribution in [3.63, 3.8) is 0 Å².